The van der Waals surface area contributed by atoms with E-state index >= 15 is 0 Å². The highest BCUT2D eigenvalue weighted by molar-refractivity contribution is 6.30. The molecule has 0 spiro atoms. The predicted molar refractivity (Wildman–Crippen MR) is 85.9 cm³/mol. The first-order valence-corrected chi connectivity index (χ1v) is 8.14. The lowest BCUT2D eigenvalue weighted by molar-refractivity contribution is -0.134. The van der Waals surface area contributed by atoms with Gasteiger partial charge in [0.05, 0.1) is 6.04 Å². The third kappa shape index (κ3) is 3.50. The Morgan fingerprint density at radius 2 is 1.81 bits per heavy atom. The molecule has 1 amide bonds. The third-order valence-corrected chi connectivity index (χ3v) is 4.64. The Hall–Kier alpha value is -1.26. The molecule has 1 atom stereocenters. The lowest BCUT2D eigenvalue weighted by Gasteiger charge is -2.38. The average molecular weight is 308 g/mol. The van der Waals surface area contributed by atoms with Crippen LogP contribution in [0.25, 0.3) is 0 Å². The van der Waals surface area contributed by atoms with Gasteiger partial charge in [0.25, 0.3) is 0 Å². The SMILES string of the molecule is O=C([C@H]1CCCCN1)N1CCN(c2ccc(Cl)cc2)CC1. The summed E-state index contributed by atoms with van der Waals surface area (Å²) in [6, 6.07) is 7.96. The maximum Gasteiger partial charge on any atom is 0.239 e. The van der Waals surface area contributed by atoms with Crippen molar-refractivity contribution in [1.29, 1.82) is 0 Å². The average Bonchev–Trinajstić information content (AvgIpc) is 2.56. The molecule has 0 aromatic heterocycles. The normalized spacial score (nSPS) is 23.2. The topological polar surface area (TPSA) is 35.6 Å². The summed E-state index contributed by atoms with van der Waals surface area (Å²) in [6.45, 7) is 4.36. The summed E-state index contributed by atoms with van der Waals surface area (Å²) in [7, 11) is 0. The summed E-state index contributed by atoms with van der Waals surface area (Å²) >= 11 is 5.92. The van der Waals surface area contributed by atoms with Crippen molar-refractivity contribution in [2.24, 2.45) is 0 Å². The van der Waals surface area contributed by atoms with E-state index in [2.05, 4.69) is 10.2 Å². The van der Waals surface area contributed by atoms with Gasteiger partial charge in [-0.1, -0.05) is 18.0 Å². The Balaban J connectivity index is 1.54. The van der Waals surface area contributed by atoms with Crippen LogP contribution in [-0.2, 0) is 4.79 Å². The van der Waals surface area contributed by atoms with Gasteiger partial charge in [-0.05, 0) is 43.7 Å². The fourth-order valence-electron chi connectivity index (χ4n) is 3.12. The number of nitrogens with one attached hydrogen (secondary N) is 1. The van der Waals surface area contributed by atoms with E-state index in [1.54, 1.807) is 0 Å². The summed E-state index contributed by atoms with van der Waals surface area (Å²) in [4.78, 5) is 16.8. The van der Waals surface area contributed by atoms with Crippen LogP contribution in [-0.4, -0.2) is 49.6 Å². The predicted octanol–water partition coefficient (Wildman–Crippen LogP) is 2.13. The van der Waals surface area contributed by atoms with Crippen molar-refractivity contribution in [3.05, 3.63) is 29.3 Å². The Morgan fingerprint density at radius 1 is 1.10 bits per heavy atom. The van der Waals surface area contributed by atoms with E-state index in [1.165, 1.54) is 12.1 Å². The van der Waals surface area contributed by atoms with Crippen LogP contribution in [0.3, 0.4) is 0 Å². The van der Waals surface area contributed by atoms with Gasteiger partial charge in [0, 0.05) is 36.9 Å². The minimum atomic E-state index is 0.0424. The Kier molecular flexibility index (Phi) is 4.66. The maximum absolute atomic E-state index is 12.5. The first-order valence-electron chi connectivity index (χ1n) is 7.77. The monoisotopic (exact) mass is 307 g/mol. The highest BCUT2D eigenvalue weighted by Gasteiger charge is 2.28. The van der Waals surface area contributed by atoms with E-state index in [9.17, 15) is 4.79 Å². The van der Waals surface area contributed by atoms with Crippen LogP contribution in [0.2, 0.25) is 5.02 Å². The molecule has 114 valence electrons. The van der Waals surface area contributed by atoms with Gasteiger partial charge < -0.3 is 15.1 Å². The summed E-state index contributed by atoms with van der Waals surface area (Å²) in [5.41, 5.74) is 1.18. The first kappa shape index (κ1) is 14.7. The van der Waals surface area contributed by atoms with Crippen molar-refractivity contribution in [3.8, 4) is 0 Å². The molecule has 1 aromatic carbocycles. The molecule has 0 unspecified atom stereocenters. The lowest BCUT2D eigenvalue weighted by Crippen LogP contribution is -2.55. The fraction of sp³-hybridized carbons (Fsp3) is 0.562. The number of hydrogen-bond acceptors (Lipinski definition) is 3. The van der Waals surface area contributed by atoms with Gasteiger partial charge in [-0.3, -0.25) is 4.79 Å². The Bertz CT molecular complexity index is 477. The van der Waals surface area contributed by atoms with Gasteiger partial charge in [-0.2, -0.15) is 0 Å². The number of halogens is 1. The van der Waals surface area contributed by atoms with Crippen molar-refractivity contribution in [2.45, 2.75) is 25.3 Å². The molecule has 1 N–H and O–H groups in total. The molecule has 21 heavy (non-hydrogen) atoms. The number of piperazine rings is 1. The summed E-state index contributed by atoms with van der Waals surface area (Å²) in [5.74, 6) is 0.283. The molecule has 2 aliphatic heterocycles. The molecule has 2 heterocycles. The quantitative estimate of drug-likeness (QED) is 0.909. The number of anilines is 1. The smallest absolute Gasteiger partial charge is 0.239 e. The first-order chi connectivity index (χ1) is 10.2. The second-order valence-electron chi connectivity index (χ2n) is 5.79. The van der Waals surface area contributed by atoms with E-state index in [1.807, 2.05) is 29.2 Å². The highest BCUT2D eigenvalue weighted by Crippen LogP contribution is 2.20. The number of hydrogen-bond donors (Lipinski definition) is 1. The van der Waals surface area contributed by atoms with Crippen molar-refractivity contribution < 1.29 is 4.79 Å². The second kappa shape index (κ2) is 6.67. The Labute approximate surface area is 131 Å². The number of carbonyl (C=O) groups is 1. The molecular weight excluding hydrogens is 286 g/mol. The molecule has 5 heteroatoms. The molecule has 2 fully saturated rings. The van der Waals surface area contributed by atoms with Crippen molar-refractivity contribution in [2.75, 3.05) is 37.6 Å². The van der Waals surface area contributed by atoms with Crippen molar-refractivity contribution in [3.63, 3.8) is 0 Å². The molecule has 0 aliphatic carbocycles. The lowest BCUT2D eigenvalue weighted by atomic mass is 10.0. The zero-order valence-electron chi connectivity index (χ0n) is 12.2. The second-order valence-corrected chi connectivity index (χ2v) is 6.23. The largest absolute Gasteiger partial charge is 0.368 e. The van der Waals surface area contributed by atoms with E-state index in [0.29, 0.717) is 0 Å². The van der Waals surface area contributed by atoms with Crippen LogP contribution in [0.1, 0.15) is 19.3 Å². The van der Waals surface area contributed by atoms with Crippen LogP contribution >= 0.6 is 11.6 Å². The van der Waals surface area contributed by atoms with Crippen LogP contribution in [0, 0.1) is 0 Å². The summed E-state index contributed by atoms with van der Waals surface area (Å²) in [5, 5.41) is 4.11. The number of rotatable bonds is 2. The summed E-state index contributed by atoms with van der Waals surface area (Å²) in [6.07, 6.45) is 3.33. The number of carbonyl (C=O) groups excluding carboxylic acids is 1. The molecule has 0 radical (unpaired) electrons. The summed E-state index contributed by atoms with van der Waals surface area (Å²) < 4.78 is 0. The number of benzene rings is 1. The number of nitrogens with zero attached hydrogens (tertiary/aromatic N) is 2. The number of amides is 1. The van der Waals surface area contributed by atoms with Gasteiger partial charge >= 0.3 is 0 Å². The van der Waals surface area contributed by atoms with Crippen LogP contribution in [0.5, 0.6) is 0 Å². The van der Waals surface area contributed by atoms with Crippen molar-refractivity contribution in [1.82, 2.24) is 10.2 Å². The molecule has 4 nitrogen and oxygen atoms in total. The third-order valence-electron chi connectivity index (χ3n) is 4.39. The van der Waals surface area contributed by atoms with Gasteiger partial charge in [-0.15, -0.1) is 0 Å². The minimum absolute atomic E-state index is 0.0424. The molecule has 1 aromatic rings. The molecular formula is C16H22ClN3O. The van der Waals surface area contributed by atoms with Crippen molar-refractivity contribution >= 4 is 23.2 Å². The zero-order chi connectivity index (χ0) is 14.7. The van der Waals surface area contributed by atoms with E-state index < -0.39 is 0 Å². The minimum Gasteiger partial charge on any atom is -0.368 e. The zero-order valence-corrected chi connectivity index (χ0v) is 13.0. The highest BCUT2D eigenvalue weighted by atomic mass is 35.5. The van der Waals surface area contributed by atoms with Gasteiger partial charge in [-0.25, -0.2) is 0 Å². The molecule has 3 rings (SSSR count). The van der Waals surface area contributed by atoms with Gasteiger partial charge in [0.1, 0.15) is 0 Å². The molecule has 0 bridgehead atoms. The van der Waals surface area contributed by atoms with Crippen LogP contribution < -0.4 is 10.2 Å². The van der Waals surface area contributed by atoms with Gasteiger partial charge in [0.2, 0.25) is 5.91 Å². The molecule has 2 aliphatic rings. The Morgan fingerprint density at radius 3 is 2.43 bits per heavy atom. The van der Waals surface area contributed by atoms with E-state index in [-0.39, 0.29) is 11.9 Å². The standard InChI is InChI=1S/C16H22ClN3O/c17-13-4-6-14(7-5-13)19-9-11-20(12-10-19)16(21)15-3-1-2-8-18-15/h4-7,15,18H,1-3,8-12H2/t15-/m1/s1. The molecule has 0 saturated carbocycles. The van der Waals surface area contributed by atoms with Crippen LogP contribution in [0.15, 0.2) is 24.3 Å². The molecule has 2 saturated heterocycles. The maximum atomic E-state index is 12.5. The van der Waals surface area contributed by atoms with Crippen LogP contribution in [0.4, 0.5) is 5.69 Å². The number of piperidine rings is 1. The van der Waals surface area contributed by atoms with E-state index in [0.717, 1.165) is 50.6 Å². The van der Waals surface area contributed by atoms with E-state index in [4.69, 9.17) is 11.6 Å². The fourth-order valence-corrected chi connectivity index (χ4v) is 3.25. The van der Waals surface area contributed by atoms with Gasteiger partial charge in [0.15, 0.2) is 0 Å².